The number of benzene rings is 2. The number of unbranched alkanes of at least 4 members (excludes halogenated alkanes) is 3. The molecule has 0 bridgehead atoms. The summed E-state index contributed by atoms with van der Waals surface area (Å²) < 4.78 is 50.1. The third-order valence-electron chi connectivity index (χ3n) is 7.91. The molecule has 8 nitrogen and oxygen atoms in total. The molecule has 0 aliphatic rings. The van der Waals surface area contributed by atoms with Gasteiger partial charge in [0.2, 0.25) is 0 Å². The van der Waals surface area contributed by atoms with Crippen LogP contribution in [0.3, 0.4) is 0 Å². The van der Waals surface area contributed by atoms with Crippen LogP contribution in [0.15, 0.2) is 53.4 Å². The molecule has 258 valence electrons. The Balaban J connectivity index is 2.37. The normalized spacial score (nSPS) is 14.0. The van der Waals surface area contributed by atoms with E-state index in [-0.39, 0.29) is 4.90 Å². The van der Waals surface area contributed by atoms with Gasteiger partial charge >= 0.3 is 211 Å². The first kappa shape index (κ1) is 40.1. The van der Waals surface area contributed by atoms with Crippen molar-refractivity contribution in [2.75, 3.05) is 0 Å². The third-order valence-corrected chi connectivity index (χ3v) is 25.7. The molecular formula is C36H57NO7SSn. The zero-order valence-electron chi connectivity index (χ0n) is 29.5. The first-order valence-electron chi connectivity index (χ1n) is 16.7. The van der Waals surface area contributed by atoms with Crippen LogP contribution in [-0.2, 0) is 28.9 Å². The van der Waals surface area contributed by atoms with Gasteiger partial charge in [0.25, 0.3) is 0 Å². The van der Waals surface area contributed by atoms with Gasteiger partial charge in [0.1, 0.15) is 11.2 Å². The van der Waals surface area contributed by atoms with E-state index in [1.165, 1.54) is 76.1 Å². The first-order chi connectivity index (χ1) is 21.3. The van der Waals surface area contributed by atoms with Crippen LogP contribution in [0.5, 0.6) is 11.5 Å². The van der Waals surface area contributed by atoms with Crippen molar-refractivity contribution in [2.24, 2.45) is 5.73 Å². The maximum atomic E-state index is 13.8. The van der Waals surface area contributed by atoms with Crippen LogP contribution in [0.25, 0.3) is 0 Å². The molecule has 46 heavy (non-hydrogen) atoms. The van der Waals surface area contributed by atoms with Crippen molar-refractivity contribution in [1.29, 1.82) is 0 Å². The summed E-state index contributed by atoms with van der Waals surface area (Å²) in [5.41, 5.74) is 4.35. The fraction of sp³-hybridized carbons (Fsp3) is 0.611. The Kier molecular flexibility index (Phi) is 14.7. The molecule has 10 heteroatoms. The van der Waals surface area contributed by atoms with E-state index < -0.39 is 62.6 Å². The van der Waals surface area contributed by atoms with Crippen LogP contribution in [0, 0.1) is 0 Å². The molecule has 0 radical (unpaired) electrons. The molecular weight excluding hydrogens is 709 g/mol. The average molecular weight is 767 g/mol. The number of sulfone groups is 1. The van der Waals surface area contributed by atoms with E-state index in [1.807, 2.05) is 12.1 Å². The van der Waals surface area contributed by atoms with Crippen LogP contribution in [0.4, 0.5) is 0 Å². The van der Waals surface area contributed by atoms with Gasteiger partial charge in [0, 0.05) is 0 Å². The first-order valence-corrected chi connectivity index (χ1v) is 25.7. The van der Waals surface area contributed by atoms with Gasteiger partial charge in [-0.25, -0.2) is 4.79 Å². The average Bonchev–Trinajstić information content (AvgIpc) is 2.95. The second-order valence-electron chi connectivity index (χ2n) is 14.3. The Labute approximate surface area is 281 Å². The van der Waals surface area contributed by atoms with Gasteiger partial charge in [-0.3, -0.25) is 4.79 Å². The van der Waals surface area contributed by atoms with Crippen molar-refractivity contribution in [3.05, 3.63) is 48.5 Å². The van der Waals surface area contributed by atoms with Crippen LogP contribution in [-0.4, -0.2) is 54.8 Å². The Bertz CT molecular complexity index is 1360. The third kappa shape index (κ3) is 11.3. The molecule has 0 spiro atoms. The quantitative estimate of drug-likeness (QED) is 0.127. The molecule has 0 fully saturated rings. The fourth-order valence-electron chi connectivity index (χ4n) is 5.50. The summed E-state index contributed by atoms with van der Waals surface area (Å²) in [5, 5.41) is 0. The summed E-state index contributed by atoms with van der Waals surface area (Å²) in [7, 11) is -4.60. The van der Waals surface area contributed by atoms with Crippen molar-refractivity contribution in [3.63, 3.8) is 0 Å². The van der Waals surface area contributed by atoms with Crippen molar-refractivity contribution >= 4 is 43.7 Å². The summed E-state index contributed by atoms with van der Waals surface area (Å²) in [6.07, 6.45) is 6.59. The van der Waals surface area contributed by atoms with E-state index in [0.717, 1.165) is 0 Å². The van der Waals surface area contributed by atoms with Crippen molar-refractivity contribution in [3.8, 4) is 11.5 Å². The monoisotopic (exact) mass is 767 g/mol. The van der Waals surface area contributed by atoms with Crippen LogP contribution in [0.1, 0.15) is 107 Å². The molecule has 0 aliphatic heterocycles. The van der Waals surface area contributed by atoms with Crippen LogP contribution >= 0.6 is 0 Å². The summed E-state index contributed by atoms with van der Waals surface area (Å²) >= 11 is -2.57. The zero-order valence-corrected chi connectivity index (χ0v) is 33.2. The molecule has 2 aromatic rings. The number of hydrogen-bond acceptors (Lipinski definition) is 8. The number of esters is 2. The minimum absolute atomic E-state index is 0.242. The number of nitrogens with two attached hydrogens (primary N) is 1. The Morgan fingerprint density at radius 1 is 0.696 bits per heavy atom. The van der Waals surface area contributed by atoms with E-state index >= 15 is 0 Å². The Hall–Kier alpha value is -2.11. The van der Waals surface area contributed by atoms with Crippen LogP contribution < -0.4 is 14.0 Å². The number of hydrogen-bond donors (Lipinski definition) is 1. The molecule has 1 atom stereocenters. The van der Waals surface area contributed by atoms with Gasteiger partial charge in [-0.15, -0.1) is 0 Å². The van der Waals surface area contributed by atoms with Crippen molar-refractivity contribution < 1.29 is 32.2 Å². The van der Waals surface area contributed by atoms with Gasteiger partial charge in [0.15, 0.2) is 0 Å². The van der Waals surface area contributed by atoms with Crippen molar-refractivity contribution in [1.82, 2.24) is 0 Å². The molecule has 2 aromatic carbocycles. The second kappa shape index (κ2) is 16.8. The van der Waals surface area contributed by atoms with Crippen LogP contribution in [0.2, 0.25) is 13.3 Å². The number of rotatable bonds is 17. The molecule has 0 amide bonds. The summed E-state index contributed by atoms with van der Waals surface area (Å²) in [4.78, 5) is 23.0. The predicted molar refractivity (Wildman–Crippen MR) is 188 cm³/mol. The van der Waals surface area contributed by atoms with Gasteiger partial charge in [-0.1, -0.05) is 0 Å². The molecule has 0 aliphatic carbocycles. The fourth-order valence-corrected chi connectivity index (χ4v) is 22.9. The topological polar surface area (TPSA) is 122 Å². The summed E-state index contributed by atoms with van der Waals surface area (Å²) in [6.45, 7) is 16.5. The molecule has 0 aromatic heterocycles. The SMILES string of the molecule is CCC[CH2][Sn]([CH2]CCC)([CH2]CCC)[c]1ccc(Oc2ccc(S(=O)(=O)C(N)(CC(=O)OC(C)(C)C)C(=O)OC(C)(C)C)cc2)cc1. The van der Waals surface area contributed by atoms with Gasteiger partial charge < -0.3 is 9.47 Å². The molecule has 0 saturated heterocycles. The maximum absolute atomic E-state index is 13.8. The number of carbonyl (C=O) groups is 2. The van der Waals surface area contributed by atoms with E-state index in [2.05, 4.69) is 32.9 Å². The van der Waals surface area contributed by atoms with Gasteiger partial charge in [-0.2, -0.15) is 0 Å². The van der Waals surface area contributed by atoms with E-state index in [0.29, 0.717) is 11.5 Å². The van der Waals surface area contributed by atoms with Gasteiger partial charge in [0.05, 0.1) is 0 Å². The van der Waals surface area contributed by atoms with E-state index in [4.69, 9.17) is 19.9 Å². The number of carbonyl (C=O) groups excluding carboxylic acids is 2. The van der Waals surface area contributed by atoms with E-state index in [1.54, 1.807) is 45.1 Å². The molecule has 2 rings (SSSR count). The second-order valence-corrected chi connectivity index (χ2v) is 29.8. The molecule has 0 heterocycles. The molecule has 0 saturated carbocycles. The Morgan fingerprint density at radius 2 is 1.11 bits per heavy atom. The summed E-state index contributed by atoms with van der Waals surface area (Å²) in [6, 6.07) is 14.2. The van der Waals surface area contributed by atoms with Gasteiger partial charge in [-0.05, 0) is 41.5 Å². The number of ether oxygens (including phenoxy) is 3. The van der Waals surface area contributed by atoms with Crippen molar-refractivity contribution in [2.45, 2.75) is 142 Å². The zero-order chi connectivity index (χ0) is 34.8. The minimum atomic E-state index is -4.60. The summed E-state index contributed by atoms with van der Waals surface area (Å²) in [5.74, 6) is -1.07. The Morgan fingerprint density at radius 3 is 1.50 bits per heavy atom. The standard InChI is InChI=1S/C24H30NO7S.3C4H9.Sn/c1-22(2,3)31-20(26)16-24(25,21(27)32-23(4,5)6)33(28,29)19-14-12-18(13-15-19)30-17-10-8-7-9-11-17;3*1-3-4-2;/h8-15H,16,25H2,1-6H3;3*1,3-4H2,2H3;. The molecule has 1 unspecified atom stereocenters. The van der Waals surface area contributed by atoms with E-state index in [9.17, 15) is 18.0 Å². The predicted octanol–water partition coefficient (Wildman–Crippen LogP) is 8.04. The molecule has 2 N–H and O–H groups in total.